The largest absolute Gasteiger partial charge is 0.346 e. The molecule has 4 nitrogen and oxygen atoms in total. The number of halogens is 1. The average molecular weight is 390 g/mol. The van der Waals surface area contributed by atoms with Crippen molar-refractivity contribution in [2.24, 2.45) is 0 Å². The molecule has 1 aromatic carbocycles. The van der Waals surface area contributed by atoms with E-state index in [0.717, 1.165) is 10.4 Å². The molecule has 7 heteroatoms. The van der Waals surface area contributed by atoms with Gasteiger partial charge in [-0.05, 0) is 37.6 Å². The fourth-order valence-corrected chi connectivity index (χ4v) is 3.92. The van der Waals surface area contributed by atoms with Crippen LogP contribution in [-0.4, -0.2) is 16.1 Å². The van der Waals surface area contributed by atoms with Gasteiger partial charge in [0.05, 0.1) is 5.03 Å². The van der Waals surface area contributed by atoms with Crippen molar-refractivity contribution in [2.75, 3.05) is 0 Å². The van der Waals surface area contributed by atoms with E-state index in [0.29, 0.717) is 21.6 Å². The lowest BCUT2D eigenvalue weighted by Crippen LogP contribution is -2.22. The summed E-state index contributed by atoms with van der Waals surface area (Å²) in [7, 11) is 0. The first-order chi connectivity index (χ1) is 12.0. The molecule has 0 fully saturated rings. The number of aromatic nitrogens is 2. The molecule has 0 aliphatic carbocycles. The molecule has 2 aromatic heterocycles. The number of carbonyl (C=O) groups is 1. The first-order valence-corrected chi connectivity index (χ1v) is 9.63. The zero-order valence-corrected chi connectivity index (χ0v) is 16.1. The van der Waals surface area contributed by atoms with E-state index >= 15 is 0 Å². The zero-order chi connectivity index (χ0) is 17.8. The number of thiophene rings is 1. The summed E-state index contributed by atoms with van der Waals surface area (Å²) in [5.74, 6) is -0.249. The number of amides is 1. The van der Waals surface area contributed by atoms with Crippen LogP contribution in [0.2, 0.25) is 0 Å². The Morgan fingerprint density at radius 3 is 2.48 bits per heavy atom. The molecule has 3 aromatic rings. The molecule has 2 heterocycles. The molecule has 1 amide bonds. The van der Waals surface area contributed by atoms with Crippen LogP contribution in [0, 0.1) is 13.8 Å². The molecule has 0 aliphatic rings. The van der Waals surface area contributed by atoms with Crippen LogP contribution in [0.4, 0.5) is 0 Å². The molecule has 0 bridgehead atoms. The Labute approximate surface area is 159 Å². The number of hydrogen-bond donors (Lipinski definition) is 1. The van der Waals surface area contributed by atoms with Crippen molar-refractivity contribution in [3.05, 3.63) is 67.3 Å². The Hall–Kier alpha value is -2.02. The second kappa shape index (κ2) is 7.91. The third-order valence-corrected chi connectivity index (χ3v) is 5.73. The molecule has 0 saturated carbocycles. The highest BCUT2D eigenvalue weighted by molar-refractivity contribution is 7.15. The van der Waals surface area contributed by atoms with Crippen molar-refractivity contribution >= 4 is 51.3 Å². The second-order valence-electron chi connectivity index (χ2n) is 5.52. The summed E-state index contributed by atoms with van der Waals surface area (Å²) >= 11 is 9.13. The topological polar surface area (TPSA) is 54.9 Å². The molecule has 0 aliphatic heterocycles. The summed E-state index contributed by atoms with van der Waals surface area (Å²) in [5.41, 5.74) is 2.22. The maximum absolute atomic E-state index is 12.2. The molecule has 0 spiro atoms. The number of rotatable bonds is 5. The Morgan fingerprint density at radius 1 is 1.08 bits per heavy atom. The quantitative estimate of drug-likeness (QED) is 0.676. The first-order valence-electron chi connectivity index (χ1n) is 7.62. The number of nitrogens with one attached hydrogen (secondary N) is 1. The Kier molecular flexibility index (Phi) is 5.63. The van der Waals surface area contributed by atoms with E-state index in [1.54, 1.807) is 11.3 Å². The SMILES string of the molecule is Cc1ccc(CNC(=O)c2nnc(/C(Cl)=C/c3ccc(C)s3)s2)cc1. The highest BCUT2D eigenvalue weighted by atomic mass is 35.5. The lowest BCUT2D eigenvalue weighted by molar-refractivity contribution is 0.0950. The van der Waals surface area contributed by atoms with Crippen LogP contribution >= 0.6 is 34.3 Å². The third kappa shape index (κ3) is 4.75. The number of hydrogen-bond acceptors (Lipinski definition) is 5. The number of nitrogens with zero attached hydrogens (tertiary/aromatic N) is 2. The van der Waals surface area contributed by atoms with Crippen LogP contribution in [0.1, 0.15) is 35.7 Å². The van der Waals surface area contributed by atoms with Crippen molar-refractivity contribution in [3.8, 4) is 0 Å². The number of carbonyl (C=O) groups excluding carboxylic acids is 1. The molecule has 0 atom stereocenters. The van der Waals surface area contributed by atoms with Gasteiger partial charge in [-0.3, -0.25) is 4.79 Å². The van der Waals surface area contributed by atoms with E-state index in [1.165, 1.54) is 21.8 Å². The molecular weight excluding hydrogens is 374 g/mol. The maximum atomic E-state index is 12.2. The van der Waals surface area contributed by atoms with Gasteiger partial charge in [0, 0.05) is 16.3 Å². The van der Waals surface area contributed by atoms with Gasteiger partial charge in [0.1, 0.15) is 0 Å². The second-order valence-corrected chi connectivity index (χ2v) is 8.23. The minimum Gasteiger partial charge on any atom is -0.346 e. The summed E-state index contributed by atoms with van der Waals surface area (Å²) in [4.78, 5) is 14.5. The molecular formula is C18H16ClN3OS2. The summed E-state index contributed by atoms with van der Waals surface area (Å²) in [6.45, 7) is 4.52. The van der Waals surface area contributed by atoms with Crippen LogP contribution in [0.15, 0.2) is 36.4 Å². The minimum absolute atomic E-state index is 0.249. The van der Waals surface area contributed by atoms with Crippen LogP contribution in [0.25, 0.3) is 11.1 Å². The van der Waals surface area contributed by atoms with Gasteiger partial charge in [0.15, 0.2) is 5.01 Å². The lowest BCUT2D eigenvalue weighted by Gasteiger charge is -2.03. The van der Waals surface area contributed by atoms with Crippen LogP contribution in [0.3, 0.4) is 0 Å². The normalized spacial score (nSPS) is 11.6. The summed E-state index contributed by atoms with van der Waals surface area (Å²) in [5, 5.41) is 12.1. The van der Waals surface area contributed by atoms with Crippen LogP contribution in [0.5, 0.6) is 0 Å². The van der Waals surface area contributed by atoms with Gasteiger partial charge in [-0.15, -0.1) is 21.5 Å². The third-order valence-electron chi connectivity index (χ3n) is 3.43. The Balaban J connectivity index is 1.64. The molecule has 1 N–H and O–H groups in total. The van der Waals surface area contributed by atoms with Crippen molar-refractivity contribution < 1.29 is 4.79 Å². The number of aryl methyl sites for hydroxylation is 2. The summed E-state index contributed by atoms with van der Waals surface area (Å²) in [6, 6.07) is 12.0. The van der Waals surface area contributed by atoms with Gasteiger partial charge >= 0.3 is 0 Å². The molecule has 0 saturated heterocycles. The first kappa shape index (κ1) is 17.8. The van der Waals surface area contributed by atoms with Gasteiger partial charge in [-0.25, -0.2) is 0 Å². The number of benzene rings is 1. The average Bonchev–Trinajstić information content (AvgIpc) is 3.23. The molecule has 0 unspecified atom stereocenters. The van der Waals surface area contributed by atoms with E-state index in [1.807, 2.05) is 56.3 Å². The van der Waals surface area contributed by atoms with E-state index in [-0.39, 0.29) is 5.91 Å². The van der Waals surface area contributed by atoms with E-state index in [9.17, 15) is 4.79 Å². The predicted molar refractivity (Wildman–Crippen MR) is 105 cm³/mol. The van der Waals surface area contributed by atoms with E-state index in [4.69, 9.17) is 11.6 Å². The fourth-order valence-electron chi connectivity index (χ4n) is 2.09. The van der Waals surface area contributed by atoms with Gasteiger partial charge in [-0.2, -0.15) is 0 Å². The van der Waals surface area contributed by atoms with Crippen molar-refractivity contribution in [2.45, 2.75) is 20.4 Å². The van der Waals surface area contributed by atoms with E-state index in [2.05, 4.69) is 15.5 Å². The van der Waals surface area contributed by atoms with Gasteiger partial charge in [0.2, 0.25) is 5.01 Å². The zero-order valence-electron chi connectivity index (χ0n) is 13.7. The molecule has 128 valence electrons. The fraction of sp³-hybridized carbons (Fsp3) is 0.167. The van der Waals surface area contributed by atoms with Gasteiger partial charge in [-0.1, -0.05) is 52.8 Å². The molecule has 3 rings (SSSR count). The van der Waals surface area contributed by atoms with Crippen LogP contribution in [-0.2, 0) is 6.54 Å². The Morgan fingerprint density at radius 2 is 1.80 bits per heavy atom. The van der Waals surface area contributed by atoms with Gasteiger partial charge in [0.25, 0.3) is 5.91 Å². The smallest absolute Gasteiger partial charge is 0.282 e. The maximum Gasteiger partial charge on any atom is 0.282 e. The van der Waals surface area contributed by atoms with Crippen molar-refractivity contribution in [1.82, 2.24) is 15.5 Å². The minimum atomic E-state index is -0.249. The lowest BCUT2D eigenvalue weighted by atomic mass is 10.1. The predicted octanol–water partition coefficient (Wildman–Crippen LogP) is 4.88. The van der Waals surface area contributed by atoms with Crippen molar-refractivity contribution in [3.63, 3.8) is 0 Å². The standard InChI is InChI=1S/C18H16ClN3OS2/c1-11-3-6-13(7-4-11)10-20-16(23)18-22-21-17(25-18)15(19)9-14-8-5-12(2)24-14/h3-9H,10H2,1-2H3,(H,20,23)/b15-9-. The van der Waals surface area contributed by atoms with Gasteiger partial charge < -0.3 is 5.32 Å². The monoisotopic (exact) mass is 389 g/mol. The highest BCUT2D eigenvalue weighted by Crippen LogP contribution is 2.27. The molecule has 0 radical (unpaired) electrons. The molecule has 25 heavy (non-hydrogen) atoms. The Bertz CT molecular complexity index is 913. The van der Waals surface area contributed by atoms with Crippen molar-refractivity contribution in [1.29, 1.82) is 0 Å². The van der Waals surface area contributed by atoms with Crippen LogP contribution < -0.4 is 5.32 Å². The highest BCUT2D eigenvalue weighted by Gasteiger charge is 2.14. The summed E-state index contributed by atoms with van der Waals surface area (Å²) in [6.07, 6.45) is 1.84. The summed E-state index contributed by atoms with van der Waals surface area (Å²) < 4.78 is 0. The van der Waals surface area contributed by atoms with E-state index < -0.39 is 0 Å².